The molecular weight excluding hydrogens is 538 g/mol. The van der Waals surface area contributed by atoms with Crippen molar-refractivity contribution in [3.8, 4) is 11.5 Å². The first kappa shape index (κ1) is 28.6. The van der Waals surface area contributed by atoms with Gasteiger partial charge in [0, 0.05) is 66.9 Å². The van der Waals surface area contributed by atoms with Gasteiger partial charge >= 0.3 is 6.09 Å². The first-order valence-electron chi connectivity index (χ1n) is 13.6. The molecule has 1 aromatic heterocycles. The lowest BCUT2D eigenvalue weighted by Gasteiger charge is -2.35. The second-order valence-electron chi connectivity index (χ2n) is 11.0. The number of phenolic OH excluding ortho intramolecular Hbond substituents is 1. The summed E-state index contributed by atoms with van der Waals surface area (Å²) in [5, 5.41) is 25.8. The fraction of sp³-hybridized carbons (Fsp3) is 0.517. The number of fused-ring (bicyclic) bond motifs is 1. The molecule has 11 heteroatoms. The zero-order chi connectivity index (χ0) is 28.6. The number of ether oxygens (including phenoxy) is 2. The Hall–Kier alpha value is -2.89. The van der Waals surface area contributed by atoms with Crippen LogP contribution in [0.5, 0.6) is 11.5 Å². The van der Waals surface area contributed by atoms with Crippen LogP contribution in [0.2, 0.25) is 0 Å². The molecule has 1 aromatic carbocycles. The maximum atomic E-state index is 13.4. The molecule has 0 saturated carbocycles. The third-order valence-electron chi connectivity index (χ3n) is 7.79. The highest BCUT2D eigenvalue weighted by molar-refractivity contribution is 6.37. The fourth-order valence-electron chi connectivity index (χ4n) is 5.65. The van der Waals surface area contributed by atoms with Crippen LogP contribution >= 0.6 is 11.6 Å². The number of carbonyl (C=O) groups is 1. The summed E-state index contributed by atoms with van der Waals surface area (Å²) in [5.74, 6) is -0.349. The summed E-state index contributed by atoms with van der Waals surface area (Å²) in [4.78, 5) is 30.0. The number of morpholine rings is 1. The molecule has 1 unspecified atom stereocenters. The molecule has 0 radical (unpaired) electrons. The van der Waals surface area contributed by atoms with E-state index in [9.17, 15) is 19.8 Å². The monoisotopic (exact) mass is 573 g/mol. The van der Waals surface area contributed by atoms with E-state index < -0.39 is 23.5 Å². The molecule has 5 rings (SSSR count). The van der Waals surface area contributed by atoms with Crippen molar-refractivity contribution in [2.45, 2.75) is 37.8 Å². The highest BCUT2D eigenvalue weighted by Crippen LogP contribution is 2.44. The fourth-order valence-corrected chi connectivity index (χ4v) is 6.03. The largest absolute Gasteiger partial charge is 0.507 e. The molecule has 3 N–H and O–H groups in total. The van der Waals surface area contributed by atoms with Crippen LogP contribution in [0.3, 0.4) is 0 Å². The molecule has 2 aliphatic heterocycles. The number of benzene rings is 1. The number of hydrogen-bond donors (Lipinski definition) is 3. The molecule has 40 heavy (non-hydrogen) atoms. The van der Waals surface area contributed by atoms with E-state index in [2.05, 4.69) is 5.32 Å². The molecule has 0 spiro atoms. The summed E-state index contributed by atoms with van der Waals surface area (Å²) in [6.45, 7) is 5.23. The molecule has 2 fully saturated rings. The van der Waals surface area contributed by atoms with Crippen LogP contribution in [-0.4, -0.2) is 91.7 Å². The number of allylic oxidation sites excluding steroid dienone is 4. The van der Waals surface area contributed by atoms with Gasteiger partial charge < -0.3 is 39.2 Å². The highest BCUT2D eigenvalue weighted by atomic mass is 35.5. The summed E-state index contributed by atoms with van der Waals surface area (Å²) >= 11 is 6.54. The van der Waals surface area contributed by atoms with Gasteiger partial charge in [-0.05, 0) is 32.4 Å². The van der Waals surface area contributed by atoms with E-state index in [1.165, 1.54) is 17.0 Å². The molecule has 0 bridgehead atoms. The number of amides is 1. The number of hydrogen-bond acceptors (Lipinski definition) is 9. The van der Waals surface area contributed by atoms with Crippen LogP contribution in [-0.2, 0) is 4.74 Å². The third-order valence-corrected chi connectivity index (χ3v) is 8.12. The van der Waals surface area contributed by atoms with Crippen molar-refractivity contribution < 1.29 is 28.9 Å². The summed E-state index contributed by atoms with van der Waals surface area (Å²) in [6, 6.07) is 2.53. The van der Waals surface area contributed by atoms with Crippen molar-refractivity contribution in [3.05, 3.63) is 50.9 Å². The number of aliphatic hydroxyl groups excluding tert-OH is 1. The van der Waals surface area contributed by atoms with E-state index in [4.69, 9.17) is 25.5 Å². The van der Waals surface area contributed by atoms with Gasteiger partial charge in [-0.15, -0.1) is 0 Å². The van der Waals surface area contributed by atoms with E-state index in [0.29, 0.717) is 62.0 Å². The smallest absolute Gasteiger partial charge is 0.415 e. The van der Waals surface area contributed by atoms with Crippen molar-refractivity contribution in [2.24, 2.45) is 5.92 Å². The second kappa shape index (κ2) is 11.9. The number of rotatable bonds is 5. The third kappa shape index (κ3) is 5.91. The minimum absolute atomic E-state index is 0.0357. The van der Waals surface area contributed by atoms with E-state index in [1.807, 2.05) is 31.0 Å². The lowest BCUT2D eigenvalue weighted by atomic mass is 9.85. The standard InChI is InChI=1S/C29H36ClN3O7/c1-16-4-5-18(20(30)10-16)24-11-21(34)27-22(35)12-25(40-29(37)33(3)13-17-15-38-9-7-31-17)26(28(27)39-24)19-6-8-32(2)14-23(19)36/h5,10-12,16-17,19,23,31,35-36H,4,6-9,13-15H2,1-3H3/t16?,17-,19+,23-/m1/s1. The number of aromatic hydroxyl groups is 1. The zero-order valence-corrected chi connectivity index (χ0v) is 23.7. The zero-order valence-electron chi connectivity index (χ0n) is 23.0. The van der Waals surface area contributed by atoms with Gasteiger partial charge in [0.15, 0.2) is 5.43 Å². The van der Waals surface area contributed by atoms with Gasteiger partial charge in [-0.1, -0.05) is 30.7 Å². The molecule has 1 aliphatic carbocycles. The lowest BCUT2D eigenvalue weighted by Crippen LogP contribution is -2.49. The van der Waals surface area contributed by atoms with Gasteiger partial charge in [-0.2, -0.15) is 0 Å². The first-order valence-corrected chi connectivity index (χ1v) is 14.0. The molecule has 216 valence electrons. The Bertz CT molecular complexity index is 1400. The van der Waals surface area contributed by atoms with Crippen LogP contribution in [0, 0.1) is 5.92 Å². The average molecular weight is 574 g/mol. The number of piperidine rings is 1. The second-order valence-corrected chi connectivity index (χ2v) is 11.4. The summed E-state index contributed by atoms with van der Waals surface area (Å²) in [7, 11) is 3.53. The normalized spacial score (nSPS) is 25.8. The van der Waals surface area contributed by atoms with E-state index >= 15 is 0 Å². The summed E-state index contributed by atoms with van der Waals surface area (Å²) < 4.78 is 17.7. The van der Waals surface area contributed by atoms with Gasteiger partial charge in [-0.3, -0.25) is 4.79 Å². The highest BCUT2D eigenvalue weighted by Gasteiger charge is 2.35. The van der Waals surface area contributed by atoms with Gasteiger partial charge in [0.2, 0.25) is 0 Å². The minimum Gasteiger partial charge on any atom is -0.507 e. The number of nitrogens with zero attached hydrogens (tertiary/aromatic N) is 2. The van der Waals surface area contributed by atoms with Crippen LogP contribution < -0.4 is 15.5 Å². The van der Waals surface area contributed by atoms with E-state index in [1.54, 1.807) is 7.05 Å². The van der Waals surface area contributed by atoms with Gasteiger partial charge in [0.05, 0.1) is 19.3 Å². The SMILES string of the molecule is CC1C=C(Cl)C(c2cc(=O)c3c(O)cc(OC(=O)N(C)C[C@@H]4COCCN4)c([C@H]4CCN(C)C[C@H]4O)c3o2)=CC1. The Morgan fingerprint density at radius 2 is 2.15 bits per heavy atom. The molecule has 2 aromatic rings. The Labute approximate surface area is 237 Å². The number of likely N-dealkylation sites (tertiary alicyclic amines) is 1. The van der Waals surface area contributed by atoms with E-state index in [-0.39, 0.29) is 40.2 Å². The number of β-amino-alcohol motifs (C(OH)–C–C–N with tert-alkyl or cyclic N) is 1. The van der Waals surface area contributed by atoms with Gasteiger partial charge in [0.1, 0.15) is 28.2 Å². The van der Waals surface area contributed by atoms with Gasteiger partial charge in [0.25, 0.3) is 0 Å². The maximum absolute atomic E-state index is 13.4. The number of halogens is 1. The van der Waals surface area contributed by atoms with Crippen LogP contribution in [0.4, 0.5) is 4.79 Å². The molecule has 3 aliphatic rings. The topological polar surface area (TPSA) is 125 Å². The van der Waals surface area contributed by atoms with Crippen LogP contribution in [0.1, 0.15) is 37.0 Å². The number of aliphatic hydroxyl groups is 1. The van der Waals surface area contributed by atoms with Crippen LogP contribution in [0.15, 0.2) is 38.5 Å². The Morgan fingerprint density at radius 1 is 1.35 bits per heavy atom. The van der Waals surface area contributed by atoms with Crippen molar-refractivity contribution >= 4 is 34.2 Å². The van der Waals surface area contributed by atoms with Crippen molar-refractivity contribution in [1.82, 2.24) is 15.1 Å². The Balaban J connectivity index is 1.60. The average Bonchev–Trinajstić information content (AvgIpc) is 2.89. The molecule has 1 amide bonds. The number of nitrogens with one attached hydrogen (secondary N) is 1. The van der Waals surface area contributed by atoms with Crippen molar-refractivity contribution in [3.63, 3.8) is 0 Å². The molecular formula is C29H36ClN3O7. The molecule has 10 nitrogen and oxygen atoms in total. The van der Waals surface area contributed by atoms with Crippen molar-refractivity contribution in [1.29, 1.82) is 0 Å². The Kier molecular flexibility index (Phi) is 8.53. The maximum Gasteiger partial charge on any atom is 0.415 e. The number of carbonyl (C=O) groups excluding carboxylic acids is 1. The lowest BCUT2D eigenvalue weighted by molar-refractivity contribution is 0.0613. The van der Waals surface area contributed by atoms with Crippen LogP contribution in [0.25, 0.3) is 16.5 Å². The number of phenols is 1. The Morgan fingerprint density at radius 3 is 2.85 bits per heavy atom. The minimum atomic E-state index is -0.822. The predicted octanol–water partition coefficient (Wildman–Crippen LogP) is 3.24. The summed E-state index contributed by atoms with van der Waals surface area (Å²) in [6.07, 6.45) is 3.60. The van der Waals surface area contributed by atoms with E-state index in [0.717, 1.165) is 6.42 Å². The quantitative estimate of drug-likeness (QED) is 0.494. The van der Waals surface area contributed by atoms with Gasteiger partial charge in [-0.25, -0.2) is 4.79 Å². The molecule has 4 atom stereocenters. The van der Waals surface area contributed by atoms with Crippen molar-refractivity contribution in [2.75, 3.05) is 53.5 Å². The molecule has 3 heterocycles. The first-order chi connectivity index (χ1) is 19.1. The predicted molar refractivity (Wildman–Crippen MR) is 152 cm³/mol. The summed E-state index contributed by atoms with van der Waals surface area (Å²) in [5.41, 5.74) is 0.572. The molecule has 2 saturated heterocycles. The number of likely N-dealkylation sites (N-methyl/N-ethyl adjacent to an activating group) is 2.